The van der Waals surface area contributed by atoms with Crippen molar-refractivity contribution >= 4 is 40.9 Å². The van der Waals surface area contributed by atoms with Crippen LogP contribution in [0.1, 0.15) is 62.0 Å². The minimum Gasteiger partial charge on any atom is -0.508 e. The summed E-state index contributed by atoms with van der Waals surface area (Å²) in [6.07, 6.45) is 6.91. The smallest absolute Gasteiger partial charge is 0.260 e. The van der Waals surface area contributed by atoms with E-state index < -0.39 is 52.6 Å². The lowest BCUT2D eigenvalue weighted by molar-refractivity contribution is -0.144. The summed E-state index contributed by atoms with van der Waals surface area (Å²) in [6, 6.07) is 16.8. The fourth-order valence-corrected chi connectivity index (χ4v) is 9.82. The van der Waals surface area contributed by atoms with Gasteiger partial charge in [-0.15, -0.1) is 0 Å². The number of hydrogen-bond acceptors (Lipinski definition) is 7. The Kier molecular flexibility index (Phi) is 7.97. The van der Waals surface area contributed by atoms with E-state index in [4.69, 9.17) is 16.3 Å². The molecular weight excluding hydrogens is 661 g/mol. The number of benzene rings is 3. The number of methoxy groups -OCH3 is 1. The maximum atomic E-state index is 15.3. The monoisotopic (exact) mass is 697 g/mol. The number of ether oxygens (including phenoxy) is 1. The molecule has 50 heavy (non-hydrogen) atoms. The number of allylic oxidation sites excluding steroid dienone is 2. The number of phenolic OH excluding ortho intramolecular Hbond substituents is 1. The van der Waals surface area contributed by atoms with Gasteiger partial charge in [0.2, 0.25) is 11.8 Å². The molecule has 2 heterocycles. The molecule has 2 N–H and O–H groups in total. The molecule has 2 saturated heterocycles. The molecule has 0 spiro atoms. The quantitative estimate of drug-likeness (QED) is 0.223. The maximum absolute atomic E-state index is 15.3. The summed E-state index contributed by atoms with van der Waals surface area (Å²) in [6.45, 7) is 0. The van der Waals surface area contributed by atoms with E-state index in [-0.39, 0.29) is 36.4 Å². The lowest BCUT2D eigenvalue weighted by Crippen LogP contribution is -2.53. The maximum Gasteiger partial charge on any atom is 0.260 e. The molecule has 3 aromatic rings. The number of likely N-dealkylation sites (tertiary alicyclic amines) is 1. The highest BCUT2D eigenvalue weighted by Crippen LogP contribution is 2.66. The Morgan fingerprint density at radius 2 is 1.62 bits per heavy atom. The van der Waals surface area contributed by atoms with Gasteiger partial charge in [-0.1, -0.05) is 60.7 Å². The van der Waals surface area contributed by atoms with Gasteiger partial charge in [-0.2, -0.15) is 5.01 Å². The van der Waals surface area contributed by atoms with Crippen molar-refractivity contribution in [2.75, 3.05) is 12.5 Å². The standard InChI is InChI=1S/C39H37ClFN3O6/c1-50-31-9-5-8-30(45)33(31)34-26-18-19-27-32(37(48)43(35(27)46)25-6-3-2-4-7-25)28(26)20-29-36(47)44(42-24-16-14-23(41)15-17-24)38(49)39(29,34)21-10-12-22(40)13-11-21/h5,8-18,25,27-29,32,34,42,45H,2-4,6-7,19-20H2,1H3/t27-,28+,29-,32-,34+,39+/m0/s1. The largest absolute Gasteiger partial charge is 0.508 e. The van der Waals surface area contributed by atoms with Crippen molar-refractivity contribution in [2.24, 2.45) is 23.7 Å². The number of anilines is 1. The Morgan fingerprint density at radius 1 is 0.900 bits per heavy atom. The van der Waals surface area contributed by atoms with Crippen molar-refractivity contribution in [3.05, 3.63) is 100 Å². The van der Waals surface area contributed by atoms with Crippen LogP contribution in [0.25, 0.3) is 0 Å². The second kappa shape index (κ2) is 12.3. The first-order valence-electron chi connectivity index (χ1n) is 17.3. The fourth-order valence-electron chi connectivity index (χ4n) is 9.69. The Hall–Kier alpha value is -4.70. The minimum absolute atomic E-state index is 0.117. The van der Waals surface area contributed by atoms with Crippen molar-refractivity contribution < 1.29 is 33.4 Å². The first kappa shape index (κ1) is 32.5. The molecule has 9 nitrogen and oxygen atoms in total. The van der Waals surface area contributed by atoms with E-state index in [1.54, 1.807) is 36.4 Å². The summed E-state index contributed by atoms with van der Waals surface area (Å²) in [7, 11) is 1.47. The van der Waals surface area contributed by atoms with Gasteiger partial charge in [0.05, 0.1) is 36.0 Å². The molecule has 6 atom stereocenters. The van der Waals surface area contributed by atoms with Crippen molar-refractivity contribution in [2.45, 2.75) is 62.3 Å². The van der Waals surface area contributed by atoms with Gasteiger partial charge in [0.1, 0.15) is 17.3 Å². The SMILES string of the molecule is COc1cccc(O)c1[C@H]1C2=CC[C@@H]3C(=O)N(C4CCCCC4)C(=O)[C@@H]3[C@@H]2C[C@H]2C(=O)N(Nc3ccc(F)cc3)C(=O)[C@@]12c1ccc(Cl)cc1. The van der Waals surface area contributed by atoms with Crippen molar-refractivity contribution in [1.29, 1.82) is 0 Å². The van der Waals surface area contributed by atoms with Gasteiger partial charge >= 0.3 is 0 Å². The fraction of sp³-hybridized carbons (Fsp3) is 0.385. The number of carbonyl (C=O) groups excluding carboxylic acids is 4. The summed E-state index contributed by atoms with van der Waals surface area (Å²) >= 11 is 6.36. The van der Waals surface area contributed by atoms with Crippen LogP contribution in [0.15, 0.2) is 78.4 Å². The van der Waals surface area contributed by atoms with Gasteiger partial charge in [0, 0.05) is 22.5 Å². The molecule has 4 amide bonds. The van der Waals surface area contributed by atoms with Crippen LogP contribution in [0.3, 0.4) is 0 Å². The number of carbonyl (C=O) groups is 4. The molecule has 5 aliphatic rings. The first-order valence-corrected chi connectivity index (χ1v) is 17.6. The van der Waals surface area contributed by atoms with Crippen LogP contribution in [0.4, 0.5) is 10.1 Å². The molecule has 11 heteroatoms. The number of hydrazine groups is 1. The predicted octanol–water partition coefficient (Wildman–Crippen LogP) is 6.51. The molecule has 2 aliphatic heterocycles. The number of halogens is 2. The Bertz CT molecular complexity index is 1930. The summed E-state index contributed by atoms with van der Waals surface area (Å²) in [5.74, 6) is -5.63. The molecule has 258 valence electrons. The molecular formula is C39H37ClFN3O6. The lowest BCUT2D eigenvalue weighted by atomic mass is 9.49. The third-order valence-corrected chi connectivity index (χ3v) is 12.0. The number of amides is 4. The third-order valence-electron chi connectivity index (χ3n) is 11.8. The molecule has 0 radical (unpaired) electrons. The van der Waals surface area contributed by atoms with Crippen LogP contribution in [0.5, 0.6) is 11.5 Å². The molecule has 0 bridgehead atoms. The average Bonchev–Trinajstić information content (AvgIpc) is 3.50. The van der Waals surface area contributed by atoms with E-state index in [1.807, 2.05) is 6.08 Å². The van der Waals surface area contributed by atoms with Gasteiger partial charge in [0.25, 0.3) is 11.8 Å². The predicted molar refractivity (Wildman–Crippen MR) is 182 cm³/mol. The second-order valence-electron chi connectivity index (χ2n) is 14.1. The molecule has 3 aliphatic carbocycles. The van der Waals surface area contributed by atoms with E-state index in [0.29, 0.717) is 33.2 Å². The van der Waals surface area contributed by atoms with Gasteiger partial charge in [-0.3, -0.25) is 29.5 Å². The number of aromatic hydroxyl groups is 1. The molecule has 0 unspecified atom stereocenters. The zero-order chi connectivity index (χ0) is 34.9. The zero-order valence-corrected chi connectivity index (χ0v) is 28.2. The van der Waals surface area contributed by atoms with Gasteiger partial charge in [0.15, 0.2) is 0 Å². The lowest BCUT2D eigenvalue weighted by Gasteiger charge is -2.50. The van der Waals surface area contributed by atoms with Crippen LogP contribution in [-0.2, 0) is 24.6 Å². The number of hydrogen-bond donors (Lipinski definition) is 2. The molecule has 4 fully saturated rings. The first-order chi connectivity index (χ1) is 24.2. The molecule has 0 aromatic heterocycles. The number of nitrogens with zero attached hydrogens (tertiary/aromatic N) is 2. The number of nitrogens with one attached hydrogen (secondary N) is 1. The van der Waals surface area contributed by atoms with Crippen LogP contribution < -0.4 is 10.2 Å². The van der Waals surface area contributed by atoms with Crippen LogP contribution in [-0.4, -0.2) is 51.8 Å². The van der Waals surface area contributed by atoms with E-state index in [0.717, 1.165) is 37.1 Å². The average molecular weight is 698 g/mol. The topological polar surface area (TPSA) is 116 Å². The highest BCUT2D eigenvalue weighted by atomic mass is 35.5. The molecule has 2 saturated carbocycles. The summed E-state index contributed by atoms with van der Waals surface area (Å²) < 4.78 is 19.7. The Balaban J connectivity index is 1.34. The van der Waals surface area contributed by atoms with E-state index >= 15 is 4.79 Å². The van der Waals surface area contributed by atoms with Crippen LogP contribution >= 0.6 is 11.6 Å². The number of rotatable bonds is 6. The van der Waals surface area contributed by atoms with Crippen molar-refractivity contribution in [3.63, 3.8) is 0 Å². The van der Waals surface area contributed by atoms with Gasteiger partial charge in [-0.05, 0) is 85.7 Å². The number of phenols is 1. The minimum atomic E-state index is -1.62. The van der Waals surface area contributed by atoms with Crippen molar-refractivity contribution in [3.8, 4) is 11.5 Å². The number of fused-ring (bicyclic) bond motifs is 4. The second-order valence-corrected chi connectivity index (χ2v) is 14.5. The number of imide groups is 2. The Labute approximate surface area is 294 Å². The third kappa shape index (κ3) is 4.71. The van der Waals surface area contributed by atoms with Gasteiger partial charge < -0.3 is 9.84 Å². The van der Waals surface area contributed by atoms with E-state index in [2.05, 4.69) is 5.43 Å². The molecule has 3 aromatic carbocycles. The van der Waals surface area contributed by atoms with Gasteiger partial charge in [-0.25, -0.2) is 4.39 Å². The van der Waals surface area contributed by atoms with E-state index in [1.165, 1.54) is 42.3 Å². The highest BCUT2D eigenvalue weighted by Gasteiger charge is 2.71. The van der Waals surface area contributed by atoms with E-state index in [9.17, 15) is 23.9 Å². The zero-order valence-electron chi connectivity index (χ0n) is 27.5. The normalized spacial score (nSPS) is 29.4. The van der Waals surface area contributed by atoms with Crippen LogP contribution in [0, 0.1) is 29.5 Å². The van der Waals surface area contributed by atoms with Crippen molar-refractivity contribution in [1.82, 2.24) is 9.91 Å². The van der Waals surface area contributed by atoms with Crippen LogP contribution in [0.2, 0.25) is 5.02 Å². The highest BCUT2D eigenvalue weighted by molar-refractivity contribution is 6.30. The summed E-state index contributed by atoms with van der Waals surface area (Å²) in [5.41, 5.74) is 3.18. The summed E-state index contributed by atoms with van der Waals surface area (Å²) in [4.78, 5) is 60.0. The summed E-state index contributed by atoms with van der Waals surface area (Å²) in [5, 5.41) is 13.1. The molecule has 8 rings (SSSR count). The Morgan fingerprint density at radius 3 is 2.32 bits per heavy atom.